The Kier molecular flexibility index (Phi) is 31.2. The summed E-state index contributed by atoms with van der Waals surface area (Å²) < 4.78 is 66.2. The molecule has 8 aromatic carbocycles. The van der Waals surface area contributed by atoms with Gasteiger partial charge < -0.3 is 52.3 Å². The second-order valence-corrected chi connectivity index (χ2v) is 35.3. The highest BCUT2D eigenvalue weighted by molar-refractivity contribution is 6.32. The van der Waals surface area contributed by atoms with Crippen molar-refractivity contribution in [3.8, 4) is 90.9 Å². The van der Waals surface area contributed by atoms with E-state index < -0.39 is 22.4 Å². The highest BCUT2D eigenvalue weighted by atomic mass is 35.5. The molecule has 127 heavy (non-hydrogen) atoms. The normalized spacial score (nSPS) is 13.3. The average molecular weight is 1740 g/mol. The molecule has 0 unspecified atom stereocenters. The predicted molar refractivity (Wildman–Crippen MR) is 496 cm³/mol. The largest absolute Gasteiger partial charge is 0.496 e. The van der Waals surface area contributed by atoms with Crippen LogP contribution in [-0.4, -0.2) is 138 Å². The lowest BCUT2D eigenvalue weighted by Gasteiger charge is -2.21. The molecular weight excluding hydrogens is 1620 g/mol. The molecule has 23 nitrogen and oxygen atoms in total. The van der Waals surface area contributed by atoms with Gasteiger partial charge in [0, 0.05) is 47.6 Å². The Balaban J connectivity index is 0.000000154. The van der Waals surface area contributed by atoms with Crippen molar-refractivity contribution in [1.82, 2.24) is 39.1 Å². The third-order valence-corrected chi connectivity index (χ3v) is 22.5. The highest BCUT2D eigenvalue weighted by Gasteiger charge is 2.32. The molecule has 4 aromatic heterocycles. The average Bonchev–Trinajstić information content (AvgIpc) is 1.66. The number of ether oxygens (including phenoxy) is 10. The summed E-state index contributed by atoms with van der Waals surface area (Å²) in [5, 5.41) is 19.8. The number of anilines is 1. The van der Waals surface area contributed by atoms with Gasteiger partial charge in [0.05, 0.1) is 135 Å². The predicted octanol–water partition coefficient (Wildman–Crippen LogP) is 21.2. The van der Waals surface area contributed by atoms with Crippen molar-refractivity contribution in [1.29, 1.82) is 0 Å². The van der Waals surface area contributed by atoms with E-state index in [1.807, 2.05) is 215 Å². The number of hydrogen-bond acceptors (Lipinski definition) is 19. The van der Waals surface area contributed by atoms with Gasteiger partial charge in [-0.05, 0) is 242 Å². The first-order chi connectivity index (χ1) is 60.6. The van der Waals surface area contributed by atoms with Crippen LogP contribution in [-0.2, 0) is 77.6 Å². The number of aromatic nitrogens is 8. The number of carbonyl (C=O) groups is 4. The Labute approximate surface area is 751 Å². The summed E-state index contributed by atoms with van der Waals surface area (Å²) in [5.41, 5.74) is 12.2. The molecule has 24 heteroatoms. The molecule has 668 valence electrons. The SMILES string of the molecule is CC(=O)C(C)(C)OCc1cc(-c2cccc(OC3CC3)c2)n(-c2ccccc2Cl)n1.CC(=O)C(C)(C)OCc1cc(-c2cccc(OCC(C)C)c2)n(Cc2ccccc2N(C)C)n1.COc1ccccc1-n1nc(COC(C)(C)C(C)=O)cc1-c1cccc(OC2CC2)c1.COc1ccccc1Cn1nc(COC(C)(C)C(C)=O)cc1-c1cccc(OC2CC2)c1. The van der Waals surface area contributed by atoms with Crippen molar-refractivity contribution in [2.24, 2.45) is 5.92 Å². The van der Waals surface area contributed by atoms with Gasteiger partial charge in [-0.15, -0.1) is 0 Å². The molecule has 0 saturated heterocycles. The minimum Gasteiger partial charge on any atom is -0.496 e. The van der Waals surface area contributed by atoms with Crippen molar-refractivity contribution >= 4 is 40.4 Å². The fourth-order valence-electron chi connectivity index (χ4n) is 13.0. The first-order valence-corrected chi connectivity index (χ1v) is 43.7. The maximum atomic E-state index is 11.9. The van der Waals surface area contributed by atoms with Crippen LogP contribution < -0.4 is 33.3 Å². The van der Waals surface area contributed by atoms with Crippen molar-refractivity contribution in [2.75, 3.05) is 39.8 Å². The Morgan fingerprint density at radius 3 is 1.12 bits per heavy atom. The molecule has 0 radical (unpaired) electrons. The summed E-state index contributed by atoms with van der Waals surface area (Å²) in [7, 11) is 7.40. The number of para-hydroxylation sites is 5. The van der Waals surface area contributed by atoms with Gasteiger partial charge >= 0.3 is 0 Å². The van der Waals surface area contributed by atoms with Crippen LogP contribution in [0.2, 0.25) is 5.02 Å². The fourth-order valence-corrected chi connectivity index (χ4v) is 13.2. The Hall–Kier alpha value is -12.0. The number of Topliss-reactive ketones (excluding diaryl/α,β-unsaturated/α-hetero) is 4. The van der Waals surface area contributed by atoms with E-state index in [4.69, 9.17) is 79.4 Å². The van der Waals surface area contributed by atoms with Crippen LogP contribution in [0, 0.1) is 5.92 Å². The number of hydrogen-bond donors (Lipinski definition) is 0. The lowest BCUT2D eigenvalue weighted by molar-refractivity contribution is -0.140. The first-order valence-electron chi connectivity index (χ1n) is 43.3. The Morgan fingerprint density at radius 1 is 0.394 bits per heavy atom. The lowest BCUT2D eigenvalue weighted by Crippen LogP contribution is -2.32. The molecule has 0 amide bonds. The van der Waals surface area contributed by atoms with E-state index in [-0.39, 0.29) is 49.6 Å². The zero-order chi connectivity index (χ0) is 90.9. The molecule has 15 rings (SSSR count). The Bertz CT molecular complexity index is 5760. The molecule has 0 spiro atoms. The second-order valence-electron chi connectivity index (χ2n) is 34.9. The van der Waals surface area contributed by atoms with Gasteiger partial charge in [0.2, 0.25) is 0 Å². The number of carbonyl (C=O) groups excluding carboxylic acids is 4. The highest BCUT2D eigenvalue weighted by Crippen LogP contribution is 2.39. The molecule has 3 fully saturated rings. The van der Waals surface area contributed by atoms with Crippen LogP contribution in [0.15, 0.2) is 218 Å². The van der Waals surface area contributed by atoms with Crippen molar-refractivity contribution in [3.05, 3.63) is 257 Å². The second kappa shape index (κ2) is 42.1. The molecule has 0 aliphatic heterocycles. The third kappa shape index (κ3) is 26.1. The number of ketones is 4. The quantitative estimate of drug-likeness (QED) is 0.0350. The first kappa shape index (κ1) is 94.1. The summed E-state index contributed by atoms with van der Waals surface area (Å²) >= 11 is 6.47. The fraction of sp³-hybridized carbons (Fsp3) is 0.379. The number of methoxy groups -OCH3 is 2. The van der Waals surface area contributed by atoms with Gasteiger partial charge in [0.15, 0.2) is 23.1 Å². The van der Waals surface area contributed by atoms with E-state index in [2.05, 4.69) is 55.1 Å². The molecule has 4 heterocycles. The molecule has 0 atom stereocenters. The van der Waals surface area contributed by atoms with Crippen LogP contribution in [0.4, 0.5) is 5.69 Å². The number of benzene rings is 8. The van der Waals surface area contributed by atoms with Crippen molar-refractivity contribution < 1.29 is 66.5 Å². The third-order valence-electron chi connectivity index (χ3n) is 22.2. The van der Waals surface area contributed by atoms with E-state index >= 15 is 0 Å². The molecule has 3 aliphatic rings. The maximum Gasteiger partial charge on any atom is 0.161 e. The molecule has 3 aliphatic carbocycles. The number of nitrogens with zero attached hydrogens (tertiary/aromatic N) is 9. The van der Waals surface area contributed by atoms with E-state index in [0.717, 1.165) is 152 Å². The van der Waals surface area contributed by atoms with E-state index in [0.29, 0.717) is 60.4 Å². The zero-order valence-electron chi connectivity index (χ0n) is 76.4. The lowest BCUT2D eigenvalue weighted by atomic mass is 10.1. The van der Waals surface area contributed by atoms with E-state index in [1.165, 1.54) is 26.3 Å². The molecule has 3 saturated carbocycles. The monoisotopic (exact) mass is 1740 g/mol. The van der Waals surface area contributed by atoms with Gasteiger partial charge in [-0.25, -0.2) is 9.36 Å². The summed E-state index contributed by atoms with van der Waals surface area (Å²) in [6.45, 7) is 27.4. The van der Waals surface area contributed by atoms with Crippen LogP contribution >= 0.6 is 11.6 Å². The van der Waals surface area contributed by atoms with Crippen LogP contribution in [0.1, 0.15) is 169 Å². The minimum atomic E-state index is -0.869. The molecule has 0 N–H and O–H groups in total. The van der Waals surface area contributed by atoms with Crippen molar-refractivity contribution in [2.45, 2.75) is 216 Å². The number of rotatable bonds is 38. The minimum absolute atomic E-state index is 0.0120. The van der Waals surface area contributed by atoms with Crippen molar-refractivity contribution in [3.63, 3.8) is 0 Å². The van der Waals surface area contributed by atoms with Crippen LogP contribution in [0.3, 0.4) is 0 Å². The molecule has 0 bridgehead atoms. The summed E-state index contributed by atoms with van der Waals surface area (Å²) in [6, 6.07) is 71.8. The van der Waals surface area contributed by atoms with Crippen LogP contribution in [0.25, 0.3) is 56.4 Å². The summed E-state index contributed by atoms with van der Waals surface area (Å²) in [4.78, 5) is 49.5. The zero-order valence-corrected chi connectivity index (χ0v) is 77.2. The standard InChI is InChI=1S/C28H37N3O3.C26H30N2O4.C25H28N2O4.C24H25ClN2O3/c1-20(2)18-33-25-13-10-12-22(15-25)27-16-24(19-34-28(4,5)21(3)32)29-31(27)17-23-11-8-9-14-26(23)30(6)7;1-18(29)26(2,3)31-17-21-15-24(19-9-7-10-23(14-19)32-22-12-13-22)28(27-21)16-20-8-5-6-11-25(20)30-4;1-17(28)25(2,3)30-16-19-15-23(18-8-7-9-21(14-18)31-20-12-13-20)27(26-19)22-10-5-6-11-24(22)29-4;1-16(28)24(2,3)29-15-18-14-23(27(26-18)22-10-5-4-9-21(22)25)17-7-6-8-20(13-17)30-19-11-12-19/h8-16,20H,17-19H2,1-7H3;5-11,14-15,22H,12-13,16-17H2,1-4H3;5-11,14-15,20H,12-13,16H2,1-4H3;4-10,13-14,19H,11-12,15H2,1-3H3. The van der Waals surface area contributed by atoms with Gasteiger partial charge in [-0.2, -0.15) is 20.4 Å². The Morgan fingerprint density at radius 2 is 0.724 bits per heavy atom. The molecular formula is C103H120ClN9O14. The van der Waals surface area contributed by atoms with E-state index in [1.54, 1.807) is 76.5 Å². The summed E-state index contributed by atoms with van der Waals surface area (Å²) in [5.74, 6) is 5.29. The summed E-state index contributed by atoms with van der Waals surface area (Å²) in [6.07, 6.45) is 7.64. The van der Waals surface area contributed by atoms with E-state index in [9.17, 15) is 19.2 Å². The smallest absolute Gasteiger partial charge is 0.161 e. The maximum absolute atomic E-state index is 11.9. The van der Waals surface area contributed by atoms with Crippen LogP contribution in [0.5, 0.6) is 34.5 Å². The van der Waals surface area contributed by atoms with Gasteiger partial charge in [0.25, 0.3) is 0 Å². The molecule has 12 aromatic rings. The van der Waals surface area contributed by atoms with Gasteiger partial charge in [-0.3, -0.25) is 28.5 Å². The van der Waals surface area contributed by atoms with Gasteiger partial charge in [0.1, 0.15) is 62.6 Å². The number of halogens is 1. The topological polar surface area (TPSA) is 235 Å². The van der Waals surface area contributed by atoms with Gasteiger partial charge in [-0.1, -0.05) is 135 Å².